The van der Waals surface area contributed by atoms with E-state index in [9.17, 15) is 4.79 Å². The average Bonchev–Trinajstić information content (AvgIpc) is 2.65. The first-order valence-electron chi connectivity index (χ1n) is 4.74. The van der Waals surface area contributed by atoms with Gasteiger partial charge in [0.15, 0.2) is 0 Å². The maximum Gasteiger partial charge on any atom is 0.407 e. The summed E-state index contributed by atoms with van der Waals surface area (Å²) >= 11 is 0. The number of hydrogen-bond donors (Lipinski definition) is 1. The number of rotatable bonds is 2. The van der Waals surface area contributed by atoms with Crippen molar-refractivity contribution in [3.63, 3.8) is 0 Å². The van der Waals surface area contributed by atoms with Crippen molar-refractivity contribution >= 4 is 11.9 Å². The van der Waals surface area contributed by atoms with Crippen LogP contribution in [0.4, 0.5) is 10.6 Å². The monoisotopic (exact) mass is 207 g/mol. The van der Waals surface area contributed by atoms with E-state index in [-0.39, 0.29) is 12.1 Å². The second-order valence-electron chi connectivity index (χ2n) is 3.61. The summed E-state index contributed by atoms with van der Waals surface area (Å²) in [6.07, 6.45) is 1.37. The van der Waals surface area contributed by atoms with Crippen molar-refractivity contribution in [1.82, 2.24) is 10.3 Å². The predicted octanol–water partition coefficient (Wildman–Crippen LogP) is 0.928. The van der Waals surface area contributed by atoms with Crippen LogP contribution in [-0.2, 0) is 4.74 Å². The van der Waals surface area contributed by atoms with Crippen LogP contribution in [0, 0.1) is 0 Å². The molecule has 0 aliphatic carbocycles. The molecule has 0 saturated carbocycles. The summed E-state index contributed by atoms with van der Waals surface area (Å²) in [5, 5.41) is 2.74. The summed E-state index contributed by atoms with van der Waals surface area (Å²) in [6.45, 7) is 0.366. The summed E-state index contributed by atoms with van der Waals surface area (Å²) in [6, 6.07) is 3.71. The summed E-state index contributed by atoms with van der Waals surface area (Å²) in [7, 11) is 3.84. The normalized spacial score (nSPS) is 19.6. The minimum Gasteiger partial charge on any atom is -0.447 e. The van der Waals surface area contributed by atoms with E-state index < -0.39 is 0 Å². The molecule has 80 valence electrons. The molecule has 5 heteroatoms. The summed E-state index contributed by atoms with van der Waals surface area (Å²) in [5.74, 6) is 0.855. The number of nitrogens with zero attached hydrogens (tertiary/aromatic N) is 2. The molecule has 1 saturated heterocycles. The first kappa shape index (κ1) is 9.76. The zero-order chi connectivity index (χ0) is 10.8. The van der Waals surface area contributed by atoms with Crippen LogP contribution in [0.3, 0.4) is 0 Å². The molecular weight excluding hydrogens is 194 g/mol. The van der Waals surface area contributed by atoms with Gasteiger partial charge < -0.3 is 15.0 Å². The topological polar surface area (TPSA) is 54.5 Å². The molecule has 1 aromatic rings. The number of aromatic nitrogens is 1. The summed E-state index contributed by atoms with van der Waals surface area (Å²) in [5.41, 5.74) is 0.980. The van der Waals surface area contributed by atoms with Crippen LogP contribution in [-0.4, -0.2) is 31.8 Å². The van der Waals surface area contributed by atoms with E-state index in [1.165, 1.54) is 0 Å². The SMILES string of the molecule is CN(C)c1ncccc1C1COC(=O)N1. The van der Waals surface area contributed by atoms with Crippen LogP contribution in [0.2, 0.25) is 0 Å². The van der Waals surface area contributed by atoms with Gasteiger partial charge in [-0.2, -0.15) is 0 Å². The van der Waals surface area contributed by atoms with Gasteiger partial charge in [-0.1, -0.05) is 6.07 Å². The summed E-state index contributed by atoms with van der Waals surface area (Å²) in [4.78, 5) is 17.1. The highest BCUT2D eigenvalue weighted by Crippen LogP contribution is 2.25. The molecule has 1 aromatic heterocycles. The molecule has 1 amide bonds. The van der Waals surface area contributed by atoms with Gasteiger partial charge in [-0.15, -0.1) is 0 Å². The summed E-state index contributed by atoms with van der Waals surface area (Å²) < 4.78 is 4.86. The molecule has 1 N–H and O–H groups in total. The molecule has 2 rings (SSSR count). The van der Waals surface area contributed by atoms with Crippen molar-refractivity contribution in [2.24, 2.45) is 0 Å². The van der Waals surface area contributed by atoms with Crippen LogP contribution in [0.1, 0.15) is 11.6 Å². The second kappa shape index (κ2) is 3.76. The molecule has 1 unspecified atom stereocenters. The predicted molar refractivity (Wildman–Crippen MR) is 55.8 cm³/mol. The lowest BCUT2D eigenvalue weighted by Crippen LogP contribution is -2.22. The molecule has 1 aliphatic rings. The number of ether oxygens (including phenoxy) is 1. The maximum absolute atomic E-state index is 10.9. The van der Waals surface area contributed by atoms with Crippen molar-refractivity contribution in [3.05, 3.63) is 23.9 Å². The average molecular weight is 207 g/mol. The Balaban J connectivity index is 2.31. The van der Waals surface area contributed by atoms with Crippen molar-refractivity contribution in [2.45, 2.75) is 6.04 Å². The van der Waals surface area contributed by atoms with Crippen LogP contribution < -0.4 is 10.2 Å². The Hall–Kier alpha value is -1.78. The van der Waals surface area contributed by atoms with Gasteiger partial charge in [-0.3, -0.25) is 0 Å². The Bertz CT molecular complexity index is 379. The number of cyclic esters (lactones) is 1. The third-order valence-electron chi connectivity index (χ3n) is 2.29. The lowest BCUT2D eigenvalue weighted by molar-refractivity contribution is 0.177. The molecule has 15 heavy (non-hydrogen) atoms. The van der Waals surface area contributed by atoms with Gasteiger partial charge in [0.2, 0.25) is 0 Å². The van der Waals surface area contributed by atoms with E-state index >= 15 is 0 Å². The van der Waals surface area contributed by atoms with Crippen molar-refractivity contribution in [2.75, 3.05) is 25.6 Å². The third-order valence-corrected chi connectivity index (χ3v) is 2.29. The molecule has 0 spiro atoms. The van der Waals surface area contributed by atoms with Gasteiger partial charge in [0.1, 0.15) is 12.4 Å². The second-order valence-corrected chi connectivity index (χ2v) is 3.61. The van der Waals surface area contributed by atoms with Gasteiger partial charge in [0.25, 0.3) is 0 Å². The molecule has 1 atom stereocenters. The van der Waals surface area contributed by atoms with Gasteiger partial charge in [0, 0.05) is 25.9 Å². The molecule has 5 nitrogen and oxygen atoms in total. The van der Waals surface area contributed by atoms with Gasteiger partial charge in [-0.05, 0) is 6.07 Å². The van der Waals surface area contributed by atoms with E-state index in [1.807, 2.05) is 31.1 Å². The Kier molecular flexibility index (Phi) is 2.45. The van der Waals surface area contributed by atoms with E-state index in [0.717, 1.165) is 11.4 Å². The largest absolute Gasteiger partial charge is 0.447 e. The highest BCUT2D eigenvalue weighted by molar-refractivity contribution is 5.70. The zero-order valence-electron chi connectivity index (χ0n) is 8.73. The Morgan fingerprint density at radius 3 is 3.00 bits per heavy atom. The fourth-order valence-electron chi connectivity index (χ4n) is 1.61. The van der Waals surface area contributed by atoms with E-state index in [4.69, 9.17) is 4.74 Å². The van der Waals surface area contributed by atoms with Gasteiger partial charge in [0.05, 0.1) is 6.04 Å². The van der Waals surface area contributed by atoms with Crippen molar-refractivity contribution < 1.29 is 9.53 Å². The number of anilines is 1. The Morgan fingerprint density at radius 1 is 1.60 bits per heavy atom. The van der Waals surface area contributed by atoms with Crippen molar-refractivity contribution in [3.8, 4) is 0 Å². The third kappa shape index (κ3) is 1.86. The van der Waals surface area contributed by atoms with Gasteiger partial charge in [-0.25, -0.2) is 9.78 Å². The maximum atomic E-state index is 10.9. The number of amides is 1. The molecule has 0 radical (unpaired) electrons. The van der Waals surface area contributed by atoms with Crippen LogP contribution in [0.25, 0.3) is 0 Å². The van der Waals surface area contributed by atoms with E-state index in [1.54, 1.807) is 6.20 Å². The minimum absolute atomic E-state index is 0.0939. The number of pyridine rings is 1. The van der Waals surface area contributed by atoms with Crippen LogP contribution in [0.15, 0.2) is 18.3 Å². The lowest BCUT2D eigenvalue weighted by atomic mass is 10.1. The molecule has 0 bridgehead atoms. The van der Waals surface area contributed by atoms with E-state index in [2.05, 4.69) is 10.3 Å². The number of hydrogen-bond acceptors (Lipinski definition) is 4. The highest BCUT2D eigenvalue weighted by Gasteiger charge is 2.26. The molecule has 1 fully saturated rings. The Labute approximate surface area is 88.1 Å². The van der Waals surface area contributed by atoms with Gasteiger partial charge >= 0.3 is 6.09 Å². The lowest BCUT2D eigenvalue weighted by Gasteiger charge is -2.18. The van der Waals surface area contributed by atoms with Crippen LogP contribution in [0.5, 0.6) is 0 Å². The number of alkyl carbamates (subject to hydrolysis) is 1. The standard InChI is InChI=1S/C10H13N3O2/c1-13(2)9-7(4-3-5-11-9)8-6-15-10(14)12-8/h3-5,8H,6H2,1-2H3,(H,12,14). The van der Waals surface area contributed by atoms with Crippen LogP contribution >= 0.6 is 0 Å². The molecule has 0 aromatic carbocycles. The smallest absolute Gasteiger partial charge is 0.407 e. The van der Waals surface area contributed by atoms with Crippen molar-refractivity contribution in [1.29, 1.82) is 0 Å². The zero-order valence-corrected chi connectivity index (χ0v) is 8.73. The first-order chi connectivity index (χ1) is 7.18. The number of carbonyl (C=O) groups excluding carboxylic acids is 1. The fraction of sp³-hybridized carbons (Fsp3) is 0.400. The fourth-order valence-corrected chi connectivity index (χ4v) is 1.61. The molecule has 1 aliphatic heterocycles. The molecule has 2 heterocycles. The number of nitrogens with one attached hydrogen (secondary N) is 1. The molecular formula is C10H13N3O2. The first-order valence-corrected chi connectivity index (χ1v) is 4.74. The minimum atomic E-state index is -0.367. The van der Waals surface area contributed by atoms with E-state index in [0.29, 0.717) is 6.61 Å². The highest BCUT2D eigenvalue weighted by atomic mass is 16.6. The number of carbonyl (C=O) groups is 1. The quantitative estimate of drug-likeness (QED) is 0.783. The Morgan fingerprint density at radius 2 is 2.40 bits per heavy atom.